The maximum atomic E-state index is 12.9. The molecule has 5 heteroatoms. The van der Waals surface area contributed by atoms with E-state index in [-0.39, 0.29) is 11.3 Å². The maximum absolute atomic E-state index is 12.9. The van der Waals surface area contributed by atoms with Crippen LogP contribution in [0.25, 0.3) is 5.76 Å². The Labute approximate surface area is 174 Å². The molecule has 28 heavy (non-hydrogen) atoms. The number of carbonyl (C=O) groups excluding carboxylic acids is 2. The van der Waals surface area contributed by atoms with Crippen molar-refractivity contribution < 1.29 is 14.7 Å². The number of unbranched alkanes of at least 4 members (excludes halogenated alkanes) is 3. The van der Waals surface area contributed by atoms with Gasteiger partial charge in [0.15, 0.2) is 0 Å². The lowest BCUT2D eigenvalue weighted by Crippen LogP contribution is -2.30. The minimum absolute atomic E-state index is 0.122. The van der Waals surface area contributed by atoms with Gasteiger partial charge >= 0.3 is 0 Å². The number of hydrogen-bond acceptors (Lipinski definition) is 3. The molecule has 3 rings (SSSR count). The summed E-state index contributed by atoms with van der Waals surface area (Å²) in [4.78, 5) is 27.2. The molecule has 1 heterocycles. The van der Waals surface area contributed by atoms with Gasteiger partial charge in [-0.3, -0.25) is 9.59 Å². The first-order valence-electron chi connectivity index (χ1n) is 9.64. The Morgan fingerprint density at radius 3 is 2.32 bits per heavy atom. The molecule has 4 nitrogen and oxygen atoms in total. The molecule has 1 saturated heterocycles. The molecular formula is C23H24BrNO3. The molecule has 2 aromatic carbocycles. The van der Waals surface area contributed by atoms with Gasteiger partial charge in [0.25, 0.3) is 11.7 Å². The number of likely N-dealkylation sites (tertiary alicyclic amines) is 1. The molecule has 2 aromatic rings. The Morgan fingerprint density at radius 2 is 1.68 bits per heavy atom. The topological polar surface area (TPSA) is 57.6 Å². The molecular weight excluding hydrogens is 418 g/mol. The van der Waals surface area contributed by atoms with E-state index in [2.05, 4.69) is 22.9 Å². The van der Waals surface area contributed by atoms with Crippen molar-refractivity contribution in [1.29, 1.82) is 0 Å². The molecule has 0 bridgehead atoms. The van der Waals surface area contributed by atoms with Gasteiger partial charge in [0.05, 0.1) is 11.6 Å². The Hall–Kier alpha value is -2.40. The third-order valence-electron chi connectivity index (χ3n) is 5.03. The van der Waals surface area contributed by atoms with Gasteiger partial charge in [0, 0.05) is 16.6 Å². The van der Waals surface area contributed by atoms with Crippen molar-refractivity contribution in [2.75, 3.05) is 6.54 Å². The summed E-state index contributed by atoms with van der Waals surface area (Å²) in [5.74, 6) is -1.28. The number of nitrogens with zero attached hydrogens (tertiary/aromatic N) is 1. The summed E-state index contributed by atoms with van der Waals surface area (Å²) in [5, 5.41) is 10.9. The summed E-state index contributed by atoms with van der Waals surface area (Å²) in [6, 6.07) is 15.9. The van der Waals surface area contributed by atoms with Gasteiger partial charge < -0.3 is 10.0 Å². The first kappa shape index (κ1) is 20.3. The van der Waals surface area contributed by atoms with E-state index in [0.717, 1.165) is 35.7 Å². The Balaban J connectivity index is 2.04. The highest BCUT2D eigenvalue weighted by Crippen LogP contribution is 2.39. The standard InChI is InChI=1S/C23H24BrNO3/c1-2-3-4-8-15-25-20(16-11-13-18(24)14-12-16)19(22(27)23(25)28)21(26)17-9-6-5-7-10-17/h5-7,9-14,20,26H,2-4,8,15H2,1H3/b21-19-. The largest absolute Gasteiger partial charge is 0.507 e. The molecule has 1 fully saturated rings. The molecule has 0 radical (unpaired) electrons. The zero-order chi connectivity index (χ0) is 20.1. The van der Waals surface area contributed by atoms with Crippen LogP contribution in [0.1, 0.15) is 49.8 Å². The van der Waals surface area contributed by atoms with E-state index in [9.17, 15) is 14.7 Å². The summed E-state index contributed by atoms with van der Waals surface area (Å²) in [5.41, 5.74) is 1.51. The van der Waals surface area contributed by atoms with Crippen LogP contribution in [0, 0.1) is 0 Å². The van der Waals surface area contributed by atoms with Gasteiger partial charge in [-0.25, -0.2) is 0 Å². The fourth-order valence-electron chi connectivity index (χ4n) is 3.56. The molecule has 1 aliphatic heterocycles. The number of rotatable bonds is 7. The molecule has 1 atom stereocenters. The monoisotopic (exact) mass is 441 g/mol. The molecule has 1 unspecified atom stereocenters. The van der Waals surface area contributed by atoms with Crippen LogP contribution < -0.4 is 0 Å². The number of aliphatic hydroxyl groups is 1. The minimum Gasteiger partial charge on any atom is -0.507 e. The van der Waals surface area contributed by atoms with Crippen LogP contribution >= 0.6 is 15.9 Å². The Bertz CT molecular complexity index is 874. The summed E-state index contributed by atoms with van der Waals surface area (Å²) in [6.07, 6.45) is 4.03. The second-order valence-corrected chi connectivity index (χ2v) is 7.89. The van der Waals surface area contributed by atoms with Crippen molar-refractivity contribution in [3.63, 3.8) is 0 Å². The predicted molar refractivity (Wildman–Crippen MR) is 114 cm³/mol. The normalized spacial score (nSPS) is 18.6. The second-order valence-electron chi connectivity index (χ2n) is 6.97. The second kappa shape index (κ2) is 9.20. The number of ketones is 1. The van der Waals surface area contributed by atoms with E-state index in [0.29, 0.717) is 12.1 Å². The number of benzene rings is 2. The molecule has 0 aromatic heterocycles. The molecule has 1 aliphatic rings. The molecule has 0 saturated carbocycles. The number of Topliss-reactive ketones (excluding diaryl/α,β-unsaturated/α-hetero) is 1. The zero-order valence-corrected chi connectivity index (χ0v) is 17.5. The third-order valence-corrected chi connectivity index (χ3v) is 5.55. The fourth-order valence-corrected chi connectivity index (χ4v) is 3.83. The fraction of sp³-hybridized carbons (Fsp3) is 0.304. The summed E-state index contributed by atoms with van der Waals surface area (Å²) in [6.45, 7) is 2.63. The highest BCUT2D eigenvalue weighted by molar-refractivity contribution is 9.10. The van der Waals surface area contributed by atoms with Crippen molar-refractivity contribution in [3.8, 4) is 0 Å². The molecule has 1 amide bonds. The van der Waals surface area contributed by atoms with E-state index >= 15 is 0 Å². The van der Waals surface area contributed by atoms with Gasteiger partial charge in [-0.15, -0.1) is 0 Å². The quantitative estimate of drug-likeness (QED) is 0.269. The predicted octanol–water partition coefficient (Wildman–Crippen LogP) is 5.45. The van der Waals surface area contributed by atoms with Crippen LogP contribution in [0.15, 0.2) is 64.6 Å². The SMILES string of the molecule is CCCCCCN1C(=O)C(=O)/C(=C(\O)c2ccccc2)C1c1ccc(Br)cc1. The highest BCUT2D eigenvalue weighted by Gasteiger charge is 2.45. The Morgan fingerprint density at radius 1 is 1.00 bits per heavy atom. The highest BCUT2D eigenvalue weighted by atomic mass is 79.9. The van der Waals surface area contributed by atoms with E-state index < -0.39 is 17.7 Å². The smallest absolute Gasteiger partial charge is 0.295 e. The van der Waals surface area contributed by atoms with Gasteiger partial charge in [-0.2, -0.15) is 0 Å². The van der Waals surface area contributed by atoms with Crippen LogP contribution in [0.3, 0.4) is 0 Å². The zero-order valence-electron chi connectivity index (χ0n) is 15.9. The summed E-state index contributed by atoms with van der Waals surface area (Å²) in [7, 11) is 0. The number of hydrogen-bond donors (Lipinski definition) is 1. The van der Waals surface area contributed by atoms with Crippen molar-refractivity contribution in [2.24, 2.45) is 0 Å². The van der Waals surface area contributed by atoms with Crippen molar-refractivity contribution >= 4 is 33.4 Å². The number of amides is 1. The van der Waals surface area contributed by atoms with Crippen LogP contribution in [0.4, 0.5) is 0 Å². The van der Waals surface area contributed by atoms with Crippen molar-refractivity contribution in [2.45, 2.75) is 38.6 Å². The number of carbonyl (C=O) groups is 2. The summed E-state index contributed by atoms with van der Waals surface area (Å²) >= 11 is 3.42. The number of halogens is 1. The molecule has 0 aliphatic carbocycles. The lowest BCUT2D eigenvalue weighted by Gasteiger charge is -2.25. The first-order valence-corrected chi connectivity index (χ1v) is 10.4. The van der Waals surface area contributed by atoms with Crippen molar-refractivity contribution in [1.82, 2.24) is 4.90 Å². The van der Waals surface area contributed by atoms with Crippen LogP contribution in [-0.4, -0.2) is 28.2 Å². The van der Waals surface area contributed by atoms with E-state index in [1.54, 1.807) is 29.2 Å². The lowest BCUT2D eigenvalue weighted by molar-refractivity contribution is -0.139. The van der Waals surface area contributed by atoms with Crippen LogP contribution in [0.2, 0.25) is 0 Å². The van der Waals surface area contributed by atoms with Crippen molar-refractivity contribution in [3.05, 3.63) is 75.8 Å². The minimum atomic E-state index is -0.621. The molecule has 0 spiro atoms. The Kier molecular flexibility index (Phi) is 6.68. The molecule has 1 N–H and O–H groups in total. The maximum Gasteiger partial charge on any atom is 0.295 e. The molecule has 146 valence electrons. The van der Waals surface area contributed by atoms with Crippen LogP contribution in [-0.2, 0) is 9.59 Å². The van der Waals surface area contributed by atoms with Gasteiger partial charge in [0.1, 0.15) is 5.76 Å². The van der Waals surface area contributed by atoms with Gasteiger partial charge in [-0.05, 0) is 24.1 Å². The first-order chi connectivity index (χ1) is 13.5. The van der Waals surface area contributed by atoms with E-state index in [1.165, 1.54) is 0 Å². The van der Waals surface area contributed by atoms with E-state index in [4.69, 9.17) is 0 Å². The average molecular weight is 442 g/mol. The third kappa shape index (κ3) is 4.20. The lowest BCUT2D eigenvalue weighted by atomic mass is 9.95. The van der Waals surface area contributed by atoms with Gasteiger partial charge in [0.2, 0.25) is 0 Å². The average Bonchev–Trinajstić information content (AvgIpc) is 2.97. The number of aliphatic hydroxyl groups excluding tert-OH is 1. The van der Waals surface area contributed by atoms with E-state index in [1.807, 2.05) is 30.3 Å². The van der Waals surface area contributed by atoms with Crippen LogP contribution in [0.5, 0.6) is 0 Å². The summed E-state index contributed by atoms with van der Waals surface area (Å²) < 4.78 is 0.916. The van der Waals surface area contributed by atoms with Gasteiger partial charge in [-0.1, -0.05) is 84.6 Å².